The van der Waals surface area contributed by atoms with Crippen molar-refractivity contribution in [3.63, 3.8) is 0 Å². The summed E-state index contributed by atoms with van der Waals surface area (Å²) in [7, 11) is 0. The van der Waals surface area contributed by atoms with Gasteiger partial charge in [-0.3, -0.25) is 10.6 Å². The Hall–Kier alpha value is -1.55. The van der Waals surface area contributed by atoms with E-state index < -0.39 is 0 Å². The summed E-state index contributed by atoms with van der Waals surface area (Å²) in [6.07, 6.45) is 2.51. The molecule has 0 unspecified atom stereocenters. The second-order valence-electron chi connectivity index (χ2n) is 5.22. The Morgan fingerprint density at radius 2 is 2.00 bits per heavy atom. The Morgan fingerprint density at radius 3 is 2.44 bits per heavy atom. The van der Waals surface area contributed by atoms with Crippen molar-refractivity contribution in [2.24, 2.45) is 11.8 Å². The van der Waals surface area contributed by atoms with Crippen LogP contribution in [0.25, 0.3) is 0 Å². The van der Waals surface area contributed by atoms with E-state index in [1.54, 1.807) is 0 Å². The van der Waals surface area contributed by atoms with Crippen molar-refractivity contribution < 1.29 is 4.79 Å². The number of hydrogen-bond donors (Lipinski definition) is 2. The fourth-order valence-corrected chi connectivity index (χ4v) is 1.98. The Labute approximate surface area is 108 Å². The van der Waals surface area contributed by atoms with Gasteiger partial charge in [0.1, 0.15) is 0 Å². The van der Waals surface area contributed by atoms with Crippen LogP contribution in [0.2, 0.25) is 0 Å². The third-order valence-electron chi connectivity index (χ3n) is 3.33. The molecule has 1 amide bonds. The Morgan fingerprint density at radius 1 is 1.39 bits per heavy atom. The maximum absolute atomic E-state index is 12.4. The highest BCUT2D eigenvalue weighted by atomic mass is 16.2. The van der Waals surface area contributed by atoms with E-state index in [-0.39, 0.29) is 11.9 Å². The van der Waals surface area contributed by atoms with Gasteiger partial charge in [0.15, 0.2) is 0 Å². The van der Waals surface area contributed by atoms with E-state index in [4.69, 9.17) is 5.84 Å². The van der Waals surface area contributed by atoms with Gasteiger partial charge < -0.3 is 10.3 Å². The minimum atomic E-state index is 0.112. The molecule has 1 fully saturated rings. The van der Waals surface area contributed by atoms with Gasteiger partial charge in [0.2, 0.25) is 0 Å². The molecule has 18 heavy (non-hydrogen) atoms. The number of nitrogens with zero attached hydrogens (tertiary/aromatic N) is 1. The third-order valence-corrected chi connectivity index (χ3v) is 3.33. The molecule has 4 heteroatoms. The van der Waals surface area contributed by atoms with Gasteiger partial charge in [-0.05, 0) is 56.9 Å². The topological polar surface area (TPSA) is 58.4 Å². The van der Waals surface area contributed by atoms with Gasteiger partial charge in [-0.1, -0.05) is 0 Å². The summed E-state index contributed by atoms with van der Waals surface area (Å²) in [4.78, 5) is 14.4. The van der Waals surface area contributed by atoms with E-state index in [1.165, 1.54) is 12.8 Å². The molecule has 3 N–H and O–H groups in total. The first-order chi connectivity index (χ1) is 8.61. The first-order valence-electron chi connectivity index (χ1n) is 6.49. The van der Waals surface area contributed by atoms with Crippen LogP contribution in [-0.2, 0) is 0 Å². The lowest BCUT2D eigenvalue weighted by Crippen LogP contribution is -2.38. The van der Waals surface area contributed by atoms with Crippen molar-refractivity contribution in [3.05, 3.63) is 29.8 Å². The van der Waals surface area contributed by atoms with Gasteiger partial charge in [0.25, 0.3) is 5.91 Å². The number of rotatable bonds is 5. The lowest BCUT2D eigenvalue weighted by atomic mass is 10.1. The first kappa shape index (κ1) is 12.9. The van der Waals surface area contributed by atoms with E-state index in [0.29, 0.717) is 5.92 Å². The summed E-state index contributed by atoms with van der Waals surface area (Å²) >= 11 is 0. The quantitative estimate of drug-likeness (QED) is 0.619. The van der Waals surface area contributed by atoms with Crippen LogP contribution >= 0.6 is 0 Å². The molecule has 0 saturated heterocycles. The van der Waals surface area contributed by atoms with Crippen LogP contribution in [0.1, 0.15) is 37.0 Å². The molecule has 0 atom stereocenters. The Kier molecular flexibility index (Phi) is 3.87. The zero-order valence-corrected chi connectivity index (χ0v) is 11.0. The van der Waals surface area contributed by atoms with Gasteiger partial charge in [0, 0.05) is 23.8 Å². The van der Waals surface area contributed by atoms with Gasteiger partial charge >= 0.3 is 0 Å². The van der Waals surface area contributed by atoms with E-state index in [1.807, 2.05) is 29.2 Å². The molecule has 0 spiro atoms. The lowest BCUT2D eigenvalue weighted by Gasteiger charge is -2.27. The van der Waals surface area contributed by atoms with Gasteiger partial charge in [0.05, 0.1) is 0 Å². The number of hydrogen-bond acceptors (Lipinski definition) is 3. The van der Waals surface area contributed by atoms with Gasteiger partial charge in [-0.15, -0.1) is 0 Å². The molecule has 1 aromatic rings. The summed E-state index contributed by atoms with van der Waals surface area (Å²) < 4.78 is 0. The SMILES string of the molecule is CC(C)N(CC1CC1)C(=O)c1ccc(NN)cc1. The maximum atomic E-state index is 12.4. The summed E-state index contributed by atoms with van der Waals surface area (Å²) in [6.45, 7) is 5.01. The van der Waals surface area contributed by atoms with Crippen molar-refractivity contribution >= 4 is 11.6 Å². The molecular weight excluding hydrogens is 226 g/mol. The van der Waals surface area contributed by atoms with Crippen molar-refractivity contribution in [1.82, 2.24) is 4.90 Å². The molecule has 1 aliphatic rings. The number of carbonyl (C=O) groups is 1. The molecule has 98 valence electrons. The first-order valence-corrected chi connectivity index (χ1v) is 6.49. The fraction of sp³-hybridized carbons (Fsp3) is 0.500. The average Bonchev–Trinajstić information content (AvgIpc) is 3.19. The highest BCUT2D eigenvalue weighted by Gasteiger charge is 2.28. The molecule has 1 aromatic carbocycles. The van der Waals surface area contributed by atoms with E-state index >= 15 is 0 Å². The number of nitrogen functional groups attached to an aromatic ring is 1. The number of hydrazine groups is 1. The van der Waals surface area contributed by atoms with E-state index in [2.05, 4.69) is 19.3 Å². The highest BCUT2D eigenvalue weighted by Crippen LogP contribution is 2.30. The Balaban J connectivity index is 2.10. The number of nitrogens with two attached hydrogens (primary N) is 1. The van der Waals surface area contributed by atoms with E-state index in [0.717, 1.165) is 17.8 Å². The summed E-state index contributed by atoms with van der Waals surface area (Å²) in [6, 6.07) is 7.52. The highest BCUT2D eigenvalue weighted by molar-refractivity contribution is 5.94. The number of anilines is 1. The van der Waals surface area contributed by atoms with Crippen LogP contribution in [0.4, 0.5) is 5.69 Å². The lowest BCUT2D eigenvalue weighted by molar-refractivity contribution is 0.0696. The largest absolute Gasteiger partial charge is 0.336 e. The second-order valence-corrected chi connectivity index (χ2v) is 5.22. The number of nitrogens with one attached hydrogen (secondary N) is 1. The van der Waals surface area contributed by atoms with E-state index in [9.17, 15) is 4.79 Å². The zero-order chi connectivity index (χ0) is 13.1. The third kappa shape index (κ3) is 3.01. The average molecular weight is 247 g/mol. The molecule has 4 nitrogen and oxygen atoms in total. The predicted octanol–water partition coefficient (Wildman–Crippen LogP) is 2.23. The normalized spacial score (nSPS) is 14.7. The van der Waals surface area contributed by atoms with Crippen LogP contribution in [0.3, 0.4) is 0 Å². The maximum Gasteiger partial charge on any atom is 0.254 e. The van der Waals surface area contributed by atoms with Crippen LogP contribution in [0, 0.1) is 5.92 Å². The van der Waals surface area contributed by atoms with Gasteiger partial charge in [-0.25, -0.2) is 0 Å². The summed E-state index contributed by atoms with van der Waals surface area (Å²) in [5.41, 5.74) is 4.10. The van der Waals surface area contributed by atoms with Crippen molar-refractivity contribution in [2.75, 3.05) is 12.0 Å². The molecule has 0 aliphatic heterocycles. The number of carbonyl (C=O) groups excluding carboxylic acids is 1. The van der Waals surface area contributed by atoms with Crippen molar-refractivity contribution in [3.8, 4) is 0 Å². The molecule has 1 saturated carbocycles. The Bertz CT molecular complexity index is 410. The second kappa shape index (κ2) is 5.40. The minimum absolute atomic E-state index is 0.112. The van der Waals surface area contributed by atoms with Crippen LogP contribution in [0.15, 0.2) is 24.3 Å². The molecular formula is C14H21N3O. The molecule has 0 heterocycles. The minimum Gasteiger partial charge on any atom is -0.336 e. The molecule has 1 aliphatic carbocycles. The van der Waals surface area contributed by atoms with Crippen LogP contribution in [0.5, 0.6) is 0 Å². The molecule has 0 bridgehead atoms. The predicted molar refractivity (Wildman–Crippen MR) is 73.1 cm³/mol. The number of amides is 1. The van der Waals surface area contributed by atoms with Crippen LogP contribution < -0.4 is 11.3 Å². The van der Waals surface area contributed by atoms with Gasteiger partial charge in [-0.2, -0.15) is 0 Å². The molecule has 0 aromatic heterocycles. The molecule has 2 rings (SSSR count). The summed E-state index contributed by atoms with van der Waals surface area (Å²) in [5.74, 6) is 6.13. The fourth-order valence-electron chi connectivity index (χ4n) is 1.98. The van der Waals surface area contributed by atoms with Crippen LogP contribution in [-0.4, -0.2) is 23.4 Å². The monoisotopic (exact) mass is 247 g/mol. The standard InChI is InChI=1S/C14H21N3O/c1-10(2)17(9-11-3-4-11)14(18)12-5-7-13(16-15)8-6-12/h5-8,10-11,16H,3-4,9,15H2,1-2H3. The van der Waals surface area contributed by atoms with Crippen molar-refractivity contribution in [2.45, 2.75) is 32.7 Å². The smallest absolute Gasteiger partial charge is 0.254 e. The van der Waals surface area contributed by atoms with Crippen molar-refractivity contribution in [1.29, 1.82) is 0 Å². The summed E-state index contributed by atoms with van der Waals surface area (Å²) in [5, 5.41) is 0. The number of benzene rings is 1. The molecule has 0 radical (unpaired) electrons. The zero-order valence-electron chi connectivity index (χ0n) is 11.0.